The van der Waals surface area contributed by atoms with Crippen molar-refractivity contribution in [2.75, 3.05) is 6.54 Å². The van der Waals surface area contributed by atoms with Crippen LogP contribution < -0.4 is 11.3 Å². The van der Waals surface area contributed by atoms with Crippen molar-refractivity contribution < 1.29 is 0 Å². The molecule has 0 saturated heterocycles. The number of benzene rings is 1. The van der Waals surface area contributed by atoms with Crippen molar-refractivity contribution in [1.82, 2.24) is 10.2 Å². The van der Waals surface area contributed by atoms with Gasteiger partial charge in [-0.15, -0.1) is 0 Å². The number of hydrogen-bond acceptors (Lipinski definition) is 2. The molecule has 0 aliphatic heterocycles. The summed E-state index contributed by atoms with van der Waals surface area (Å²) in [5.41, 5.74) is 9.11. The highest BCUT2D eigenvalue weighted by Gasteiger charge is 2.13. The number of aryl methyl sites for hydroxylation is 1. The van der Waals surface area contributed by atoms with E-state index in [2.05, 4.69) is 26.1 Å². The molecule has 0 unspecified atom stereocenters. The standard InChI is InChI=1S/C12H14BrN3O/c1-7-2-3-8(13)6-10(7)11-9(4-5-14)12(17)16-15-11/h2-3,6H,4-5,14H2,1H3,(H2,15,16,17). The highest BCUT2D eigenvalue weighted by Crippen LogP contribution is 2.26. The van der Waals surface area contributed by atoms with Crippen LogP contribution >= 0.6 is 15.9 Å². The number of nitrogens with two attached hydrogens (primary N) is 1. The molecule has 2 aromatic rings. The Labute approximate surface area is 107 Å². The Kier molecular flexibility index (Phi) is 3.49. The summed E-state index contributed by atoms with van der Waals surface area (Å²) in [6.07, 6.45) is 0.570. The van der Waals surface area contributed by atoms with Crippen LogP contribution in [0.2, 0.25) is 0 Å². The fraction of sp³-hybridized carbons (Fsp3) is 0.250. The first-order valence-electron chi connectivity index (χ1n) is 5.39. The lowest BCUT2D eigenvalue weighted by Gasteiger charge is -2.06. The average Bonchev–Trinajstić information content (AvgIpc) is 2.65. The third kappa shape index (κ3) is 2.35. The Morgan fingerprint density at radius 1 is 1.35 bits per heavy atom. The minimum atomic E-state index is -0.0928. The summed E-state index contributed by atoms with van der Waals surface area (Å²) in [7, 11) is 0. The van der Waals surface area contributed by atoms with Gasteiger partial charge >= 0.3 is 0 Å². The number of halogens is 1. The Bertz CT molecular complexity index is 586. The van der Waals surface area contributed by atoms with Gasteiger partial charge in [-0.05, 0) is 37.6 Å². The minimum Gasteiger partial charge on any atom is -0.330 e. The molecule has 0 saturated carbocycles. The number of rotatable bonds is 3. The zero-order valence-electron chi connectivity index (χ0n) is 9.51. The van der Waals surface area contributed by atoms with Gasteiger partial charge in [0.2, 0.25) is 0 Å². The second-order valence-electron chi connectivity index (χ2n) is 3.93. The predicted octanol–water partition coefficient (Wildman–Crippen LogP) is 1.94. The number of H-pyrrole nitrogens is 2. The Balaban J connectivity index is 2.60. The summed E-state index contributed by atoms with van der Waals surface area (Å²) >= 11 is 3.44. The van der Waals surface area contributed by atoms with Crippen LogP contribution in [0.1, 0.15) is 11.1 Å². The highest BCUT2D eigenvalue weighted by molar-refractivity contribution is 9.10. The lowest BCUT2D eigenvalue weighted by molar-refractivity contribution is 0.960. The SMILES string of the molecule is Cc1ccc(Br)cc1-c1[nH][nH]c(=O)c1CCN. The topological polar surface area (TPSA) is 74.7 Å². The Morgan fingerprint density at radius 2 is 2.12 bits per heavy atom. The first-order valence-corrected chi connectivity index (χ1v) is 6.19. The molecule has 2 rings (SSSR count). The maximum Gasteiger partial charge on any atom is 0.267 e. The van der Waals surface area contributed by atoms with Crippen LogP contribution in [0.4, 0.5) is 0 Å². The summed E-state index contributed by atoms with van der Waals surface area (Å²) in [5.74, 6) is 0. The van der Waals surface area contributed by atoms with Gasteiger partial charge in [0.1, 0.15) is 0 Å². The van der Waals surface area contributed by atoms with Gasteiger partial charge in [-0.25, -0.2) is 0 Å². The third-order valence-corrected chi connectivity index (χ3v) is 3.23. The van der Waals surface area contributed by atoms with Crippen LogP contribution in [0.3, 0.4) is 0 Å². The van der Waals surface area contributed by atoms with Crippen LogP contribution in [0, 0.1) is 6.92 Å². The molecule has 0 atom stereocenters. The molecule has 90 valence electrons. The van der Waals surface area contributed by atoms with Gasteiger partial charge in [0.15, 0.2) is 0 Å². The summed E-state index contributed by atoms with van der Waals surface area (Å²) in [5, 5.41) is 5.55. The van der Waals surface area contributed by atoms with Gasteiger partial charge in [-0.2, -0.15) is 0 Å². The van der Waals surface area contributed by atoms with Crippen LogP contribution in [0.25, 0.3) is 11.3 Å². The molecule has 0 aliphatic carbocycles. The molecular weight excluding hydrogens is 282 g/mol. The molecule has 5 heteroatoms. The van der Waals surface area contributed by atoms with E-state index in [4.69, 9.17) is 5.73 Å². The molecule has 0 aliphatic rings. The average molecular weight is 296 g/mol. The minimum absolute atomic E-state index is 0.0928. The number of aromatic nitrogens is 2. The number of hydrogen-bond donors (Lipinski definition) is 3. The fourth-order valence-corrected chi connectivity index (χ4v) is 2.22. The van der Waals surface area contributed by atoms with Crippen molar-refractivity contribution in [3.8, 4) is 11.3 Å². The first kappa shape index (κ1) is 12.1. The second-order valence-corrected chi connectivity index (χ2v) is 4.85. The van der Waals surface area contributed by atoms with E-state index in [1.54, 1.807) is 0 Å². The van der Waals surface area contributed by atoms with E-state index in [0.29, 0.717) is 18.5 Å². The fourth-order valence-electron chi connectivity index (χ4n) is 1.86. The first-order chi connectivity index (χ1) is 8.13. The van der Waals surface area contributed by atoms with Gasteiger partial charge in [-0.3, -0.25) is 15.0 Å². The van der Waals surface area contributed by atoms with Gasteiger partial charge in [0.25, 0.3) is 5.56 Å². The van der Waals surface area contributed by atoms with Crippen LogP contribution in [0.5, 0.6) is 0 Å². The zero-order chi connectivity index (χ0) is 12.4. The Hall–Kier alpha value is -1.33. The van der Waals surface area contributed by atoms with Crippen molar-refractivity contribution in [2.24, 2.45) is 5.73 Å². The normalized spacial score (nSPS) is 10.8. The monoisotopic (exact) mass is 295 g/mol. The molecule has 1 aromatic carbocycles. The van der Waals surface area contributed by atoms with Gasteiger partial charge in [0.05, 0.1) is 5.69 Å². The van der Waals surface area contributed by atoms with Gasteiger partial charge in [0, 0.05) is 15.6 Å². The van der Waals surface area contributed by atoms with E-state index in [-0.39, 0.29) is 5.56 Å². The van der Waals surface area contributed by atoms with Crippen molar-refractivity contribution in [1.29, 1.82) is 0 Å². The van der Waals surface area contributed by atoms with Crippen LogP contribution in [-0.2, 0) is 6.42 Å². The maximum atomic E-state index is 11.6. The van der Waals surface area contributed by atoms with Crippen molar-refractivity contribution in [3.63, 3.8) is 0 Å². The molecule has 4 N–H and O–H groups in total. The Morgan fingerprint density at radius 3 is 2.82 bits per heavy atom. The van der Waals surface area contributed by atoms with E-state index in [1.807, 2.05) is 25.1 Å². The molecule has 1 heterocycles. The molecule has 0 bridgehead atoms. The van der Waals surface area contributed by atoms with Crippen molar-refractivity contribution in [2.45, 2.75) is 13.3 Å². The molecule has 4 nitrogen and oxygen atoms in total. The third-order valence-electron chi connectivity index (χ3n) is 2.74. The number of aromatic amines is 2. The van der Waals surface area contributed by atoms with Crippen molar-refractivity contribution >= 4 is 15.9 Å². The molecule has 17 heavy (non-hydrogen) atoms. The largest absolute Gasteiger partial charge is 0.330 e. The summed E-state index contributed by atoms with van der Waals surface area (Å²) in [6.45, 7) is 2.47. The molecule has 0 spiro atoms. The second kappa shape index (κ2) is 4.89. The lowest BCUT2D eigenvalue weighted by atomic mass is 10.0. The van der Waals surface area contributed by atoms with Crippen molar-refractivity contribution in [3.05, 3.63) is 44.2 Å². The summed E-state index contributed by atoms with van der Waals surface area (Å²) < 4.78 is 0.985. The molecule has 0 radical (unpaired) electrons. The van der Waals surface area contributed by atoms with Crippen LogP contribution in [0.15, 0.2) is 27.5 Å². The molecule has 0 amide bonds. The maximum absolute atomic E-state index is 11.6. The molecule has 1 aromatic heterocycles. The molecular formula is C12H14BrN3O. The molecule has 0 fully saturated rings. The lowest BCUT2D eigenvalue weighted by Crippen LogP contribution is -2.12. The zero-order valence-corrected chi connectivity index (χ0v) is 11.1. The summed E-state index contributed by atoms with van der Waals surface area (Å²) in [4.78, 5) is 11.6. The van der Waals surface area contributed by atoms with E-state index in [9.17, 15) is 4.79 Å². The number of nitrogens with one attached hydrogen (secondary N) is 2. The van der Waals surface area contributed by atoms with Gasteiger partial charge in [-0.1, -0.05) is 22.0 Å². The van der Waals surface area contributed by atoms with Gasteiger partial charge < -0.3 is 5.73 Å². The predicted molar refractivity (Wildman–Crippen MR) is 72.0 cm³/mol. The summed E-state index contributed by atoms with van der Waals surface area (Å²) in [6, 6.07) is 5.98. The van der Waals surface area contributed by atoms with E-state index < -0.39 is 0 Å². The quantitative estimate of drug-likeness (QED) is 0.809. The highest BCUT2D eigenvalue weighted by atomic mass is 79.9. The van der Waals surface area contributed by atoms with Crippen LogP contribution in [-0.4, -0.2) is 16.7 Å². The van der Waals surface area contributed by atoms with E-state index in [0.717, 1.165) is 21.3 Å². The van der Waals surface area contributed by atoms with E-state index >= 15 is 0 Å². The smallest absolute Gasteiger partial charge is 0.267 e. The van der Waals surface area contributed by atoms with E-state index in [1.165, 1.54) is 0 Å².